The number of amides is 2. The molecule has 0 unspecified atom stereocenters. The van der Waals surface area contributed by atoms with Crippen LogP contribution in [-0.4, -0.2) is 29.9 Å². The minimum Gasteiger partial charge on any atom is -0.352 e. The van der Waals surface area contributed by atoms with E-state index in [1.807, 2.05) is 30.3 Å². The van der Waals surface area contributed by atoms with E-state index in [2.05, 4.69) is 27.8 Å². The fourth-order valence-electron chi connectivity index (χ4n) is 3.30. The third kappa shape index (κ3) is 3.01. The molecule has 1 aromatic heterocycles. The van der Waals surface area contributed by atoms with Gasteiger partial charge in [0.1, 0.15) is 5.69 Å². The van der Waals surface area contributed by atoms with E-state index < -0.39 is 0 Å². The van der Waals surface area contributed by atoms with E-state index in [0.717, 1.165) is 29.3 Å². The molecule has 0 saturated heterocycles. The van der Waals surface area contributed by atoms with Gasteiger partial charge in [0.05, 0.1) is 0 Å². The number of benzene rings is 2. The number of H-pyrrole nitrogens is 1. The summed E-state index contributed by atoms with van der Waals surface area (Å²) in [6.45, 7) is 1.22. The van der Waals surface area contributed by atoms with Crippen molar-refractivity contribution >= 4 is 22.7 Å². The Balaban J connectivity index is 1.51. The molecule has 3 N–H and O–H groups in total. The van der Waals surface area contributed by atoms with Crippen LogP contribution in [0.2, 0.25) is 0 Å². The molecule has 1 aliphatic rings. The van der Waals surface area contributed by atoms with Crippen LogP contribution < -0.4 is 10.6 Å². The Morgan fingerprint density at radius 3 is 2.80 bits per heavy atom. The zero-order valence-electron chi connectivity index (χ0n) is 13.8. The highest BCUT2D eigenvalue weighted by Gasteiger charge is 2.22. The molecule has 3 aromatic rings. The van der Waals surface area contributed by atoms with Gasteiger partial charge in [-0.25, -0.2) is 0 Å². The summed E-state index contributed by atoms with van der Waals surface area (Å²) in [5, 5.41) is 6.75. The van der Waals surface area contributed by atoms with Crippen molar-refractivity contribution in [3.63, 3.8) is 0 Å². The lowest BCUT2D eigenvalue weighted by molar-refractivity contribution is 0.0938. The summed E-state index contributed by atoms with van der Waals surface area (Å²) in [6, 6.07) is 15.6. The van der Waals surface area contributed by atoms with Crippen LogP contribution in [0.4, 0.5) is 0 Å². The summed E-state index contributed by atoms with van der Waals surface area (Å²) in [5.74, 6) is -0.167. The minimum atomic E-state index is -0.0898. The summed E-state index contributed by atoms with van der Waals surface area (Å²) >= 11 is 0. The van der Waals surface area contributed by atoms with Crippen molar-refractivity contribution in [3.8, 4) is 0 Å². The van der Waals surface area contributed by atoms with Crippen LogP contribution in [0.3, 0.4) is 0 Å². The lowest BCUT2D eigenvalue weighted by Crippen LogP contribution is -2.31. The summed E-state index contributed by atoms with van der Waals surface area (Å²) < 4.78 is 0. The predicted octanol–water partition coefficient (Wildman–Crippen LogP) is 2.43. The predicted molar refractivity (Wildman–Crippen MR) is 96.8 cm³/mol. The fraction of sp³-hybridized carbons (Fsp3) is 0.200. The quantitative estimate of drug-likeness (QED) is 0.686. The highest BCUT2D eigenvalue weighted by Crippen LogP contribution is 2.26. The molecule has 2 amide bonds. The van der Waals surface area contributed by atoms with E-state index in [1.54, 1.807) is 6.07 Å². The number of carbonyl (C=O) groups excluding carboxylic acids is 2. The first kappa shape index (κ1) is 15.4. The molecule has 5 nitrogen and oxygen atoms in total. The minimum absolute atomic E-state index is 0.0775. The maximum absolute atomic E-state index is 12.4. The normalized spacial score (nSPS) is 13.4. The van der Waals surface area contributed by atoms with Crippen molar-refractivity contribution in [2.75, 3.05) is 13.1 Å². The maximum Gasteiger partial charge on any atom is 0.268 e. The number of hydrogen-bond acceptors (Lipinski definition) is 2. The van der Waals surface area contributed by atoms with Crippen LogP contribution in [0, 0.1) is 0 Å². The number of hydrogen-bond donors (Lipinski definition) is 3. The summed E-state index contributed by atoms with van der Waals surface area (Å²) in [5.41, 5.74) is 4.32. The van der Waals surface area contributed by atoms with Crippen molar-refractivity contribution < 1.29 is 9.59 Å². The third-order valence-electron chi connectivity index (χ3n) is 4.60. The molecule has 0 saturated carbocycles. The number of fused-ring (bicyclic) bond motifs is 3. The molecular weight excluding hydrogens is 314 g/mol. The van der Waals surface area contributed by atoms with E-state index in [4.69, 9.17) is 0 Å². The van der Waals surface area contributed by atoms with Crippen molar-refractivity contribution in [1.29, 1.82) is 0 Å². The lowest BCUT2D eigenvalue weighted by Gasteiger charge is -2.12. The second kappa shape index (κ2) is 6.43. The van der Waals surface area contributed by atoms with Gasteiger partial charge in [-0.15, -0.1) is 0 Å². The van der Waals surface area contributed by atoms with Crippen LogP contribution >= 0.6 is 0 Å². The molecule has 1 aliphatic heterocycles. The van der Waals surface area contributed by atoms with E-state index in [0.29, 0.717) is 24.3 Å². The molecule has 2 aromatic carbocycles. The number of aromatic nitrogens is 1. The maximum atomic E-state index is 12.4. The Labute approximate surface area is 145 Å². The number of aromatic amines is 1. The van der Waals surface area contributed by atoms with Crippen LogP contribution in [0.25, 0.3) is 10.9 Å². The molecule has 2 heterocycles. The Morgan fingerprint density at radius 2 is 1.96 bits per heavy atom. The molecular formula is C20H19N3O2. The van der Waals surface area contributed by atoms with Gasteiger partial charge in [0.25, 0.3) is 11.8 Å². The first-order chi connectivity index (χ1) is 12.2. The second-order valence-electron chi connectivity index (χ2n) is 6.24. The summed E-state index contributed by atoms with van der Waals surface area (Å²) in [7, 11) is 0. The summed E-state index contributed by atoms with van der Waals surface area (Å²) in [4.78, 5) is 27.5. The van der Waals surface area contributed by atoms with Crippen LogP contribution in [0.5, 0.6) is 0 Å². The molecule has 0 fully saturated rings. The molecule has 0 radical (unpaired) electrons. The SMILES string of the molecule is O=C(NCCc1ccccc1)c1ccc2[nH]c3c(c2c1)CCNC3=O. The van der Waals surface area contributed by atoms with Gasteiger partial charge in [0, 0.05) is 29.6 Å². The zero-order chi connectivity index (χ0) is 17.2. The zero-order valence-corrected chi connectivity index (χ0v) is 13.8. The van der Waals surface area contributed by atoms with E-state index in [1.165, 1.54) is 5.56 Å². The fourth-order valence-corrected chi connectivity index (χ4v) is 3.30. The molecule has 4 rings (SSSR count). The van der Waals surface area contributed by atoms with Crippen molar-refractivity contribution in [2.45, 2.75) is 12.8 Å². The number of rotatable bonds is 4. The Morgan fingerprint density at radius 1 is 1.12 bits per heavy atom. The second-order valence-corrected chi connectivity index (χ2v) is 6.24. The lowest BCUT2D eigenvalue weighted by atomic mass is 10.0. The van der Waals surface area contributed by atoms with Crippen LogP contribution in [-0.2, 0) is 12.8 Å². The van der Waals surface area contributed by atoms with Crippen molar-refractivity contribution in [2.24, 2.45) is 0 Å². The molecule has 5 heteroatoms. The van der Waals surface area contributed by atoms with E-state index in [-0.39, 0.29) is 11.8 Å². The van der Waals surface area contributed by atoms with Crippen LogP contribution in [0.15, 0.2) is 48.5 Å². The molecule has 0 aliphatic carbocycles. The summed E-state index contributed by atoms with van der Waals surface area (Å²) in [6.07, 6.45) is 1.58. The van der Waals surface area contributed by atoms with Crippen molar-refractivity contribution in [3.05, 3.63) is 70.9 Å². The molecule has 25 heavy (non-hydrogen) atoms. The van der Waals surface area contributed by atoms with Gasteiger partial charge in [0.15, 0.2) is 0 Å². The topological polar surface area (TPSA) is 74.0 Å². The monoisotopic (exact) mass is 333 g/mol. The Kier molecular flexibility index (Phi) is 3.98. The standard InChI is InChI=1S/C20H19N3O2/c24-19(21-10-8-13-4-2-1-3-5-13)14-6-7-17-16(12-14)15-9-11-22-20(25)18(15)23-17/h1-7,12,23H,8-11H2,(H,21,24)(H,22,25). The van der Waals surface area contributed by atoms with Crippen LogP contribution in [0.1, 0.15) is 32.0 Å². The van der Waals surface area contributed by atoms with Gasteiger partial charge in [-0.1, -0.05) is 30.3 Å². The highest BCUT2D eigenvalue weighted by molar-refractivity contribution is 6.04. The average Bonchev–Trinajstić information content (AvgIpc) is 3.02. The van der Waals surface area contributed by atoms with E-state index in [9.17, 15) is 9.59 Å². The smallest absolute Gasteiger partial charge is 0.268 e. The van der Waals surface area contributed by atoms with Gasteiger partial charge in [-0.3, -0.25) is 9.59 Å². The van der Waals surface area contributed by atoms with Gasteiger partial charge < -0.3 is 15.6 Å². The number of carbonyl (C=O) groups is 2. The number of nitrogens with one attached hydrogen (secondary N) is 3. The van der Waals surface area contributed by atoms with Gasteiger partial charge in [-0.05, 0) is 42.2 Å². The Bertz CT molecular complexity index is 944. The van der Waals surface area contributed by atoms with Gasteiger partial charge in [-0.2, -0.15) is 0 Å². The Hall–Kier alpha value is -3.08. The first-order valence-corrected chi connectivity index (χ1v) is 8.47. The highest BCUT2D eigenvalue weighted by atomic mass is 16.2. The van der Waals surface area contributed by atoms with Gasteiger partial charge in [0.2, 0.25) is 0 Å². The average molecular weight is 333 g/mol. The van der Waals surface area contributed by atoms with Gasteiger partial charge >= 0.3 is 0 Å². The molecule has 0 bridgehead atoms. The molecule has 0 atom stereocenters. The van der Waals surface area contributed by atoms with E-state index >= 15 is 0 Å². The molecule has 126 valence electrons. The molecule has 0 spiro atoms. The third-order valence-corrected chi connectivity index (χ3v) is 4.60. The largest absolute Gasteiger partial charge is 0.352 e. The van der Waals surface area contributed by atoms with Crippen molar-refractivity contribution in [1.82, 2.24) is 15.6 Å². The first-order valence-electron chi connectivity index (χ1n) is 8.47.